The van der Waals surface area contributed by atoms with Crippen molar-refractivity contribution in [3.8, 4) is 0 Å². The Hall–Kier alpha value is -2.34. The van der Waals surface area contributed by atoms with Gasteiger partial charge in [-0.2, -0.15) is 5.10 Å². The minimum absolute atomic E-state index is 0.0274. The number of rotatable bonds is 5. The number of nitrogens with zero attached hydrogens (tertiary/aromatic N) is 3. The lowest BCUT2D eigenvalue weighted by Gasteiger charge is -2.27. The van der Waals surface area contributed by atoms with Crippen molar-refractivity contribution in [3.63, 3.8) is 0 Å². The van der Waals surface area contributed by atoms with E-state index in [-0.39, 0.29) is 17.9 Å². The fourth-order valence-electron chi connectivity index (χ4n) is 3.50. The van der Waals surface area contributed by atoms with Crippen LogP contribution in [0.4, 0.5) is 0 Å². The molecule has 7 heteroatoms. The summed E-state index contributed by atoms with van der Waals surface area (Å²) in [7, 11) is 1.80. The Morgan fingerprint density at radius 3 is 2.93 bits per heavy atom. The van der Waals surface area contributed by atoms with E-state index in [4.69, 9.17) is 11.6 Å². The smallest absolute Gasteiger partial charge is 0.257 e. The quantitative estimate of drug-likeness (QED) is 0.855. The van der Waals surface area contributed by atoms with Crippen molar-refractivity contribution < 1.29 is 9.59 Å². The highest BCUT2D eigenvalue weighted by Gasteiger charge is 2.28. The third-order valence-corrected chi connectivity index (χ3v) is 5.52. The van der Waals surface area contributed by atoms with E-state index in [1.807, 2.05) is 35.9 Å². The molecule has 1 N–H and O–H groups in total. The molecule has 6 nitrogen and oxygen atoms in total. The van der Waals surface area contributed by atoms with Crippen molar-refractivity contribution in [2.24, 2.45) is 5.92 Å². The zero-order valence-corrected chi connectivity index (χ0v) is 16.7. The first-order valence-corrected chi connectivity index (χ1v) is 9.56. The van der Waals surface area contributed by atoms with Crippen molar-refractivity contribution in [2.75, 3.05) is 13.6 Å². The van der Waals surface area contributed by atoms with E-state index in [2.05, 4.69) is 10.4 Å². The van der Waals surface area contributed by atoms with Crippen molar-refractivity contribution in [1.82, 2.24) is 20.0 Å². The fourth-order valence-corrected chi connectivity index (χ4v) is 3.69. The topological polar surface area (TPSA) is 67.2 Å². The Morgan fingerprint density at radius 1 is 1.44 bits per heavy atom. The number of aryl methyl sites for hydroxylation is 1. The number of halogens is 1. The summed E-state index contributed by atoms with van der Waals surface area (Å²) in [6, 6.07) is 7.46. The molecule has 0 bridgehead atoms. The van der Waals surface area contributed by atoms with E-state index < -0.39 is 0 Å². The van der Waals surface area contributed by atoms with Crippen LogP contribution in [0.5, 0.6) is 0 Å². The van der Waals surface area contributed by atoms with Gasteiger partial charge < -0.3 is 10.2 Å². The van der Waals surface area contributed by atoms with Gasteiger partial charge in [0.2, 0.25) is 5.91 Å². The van der Waals surface area contributed by atoms with Crippen LogP contribution in [0.25, 0.3) is 0 Å². The summed E-state index contributed by atoms with van der Waals surface area (Å²) >= 11 is 6.09. The second-order valence-corrected chi connectivity index (χ2v) is 7.61. The Bertz CT molecular complexity index is 848. The molecule has 27 heavy (non-hydrogen) atoms. The highest BCUT2D eigenvalue weighted by Crippen LogP contribution is 2.27. The largest absolute Gasteiger partial charge is 0.356 e. The van der Waals surface area contributed by atoms with Crippen molar-refractivity contribution in [2.45, 2.75) is 39.3 Å². The third-order valence-electron chi connectivity index (χ3n) is 5.28. The average Bonchev–Trinajstić information content (AvgIpc) is 3.07. The highest BCUT2D eigenvalue weighted by molar-refractivity contribution is 6.30. The van der Waals surface area contributed by atoms with E-state index in [0.717, 1.165) is 30.6 Å². The Kier molecular flexibility index (Phi) is 5.85. The fraction of sp³-hybridized carbons (Fsp3) is 0.450. The zero-order chi connectivity index (χ0) is 19.6. The molecule has 1 aromatic heterocycles. The van der Waals surface area contributed by atoms with E-state index in [1.165, 1.54) is 6.92 Å². The van der Waals surface area contributed by atoms with Crippen LogP contribution in [0.3, 0.4) is 0 Å². The van der Waals surface area contributed by atoms with Gasteiger partial charge in [0.25, 0.3) is 5.91 Å². The summed E-state index contributed by atoms with van der Waals surface area (Å²) in [5.41, 5.74) is 2.58. The van der Waals surface area contributed by atoms with Crippen LogP contribution in [0.2, 0.25) is 5.02 Å². The first-order chi connectivity index (χ1) is 12.9. The van der Waals surface area contributed by atoms with E-state index in [0.29, 0.717) is 23.0 Å². The lowest BCUT2D eigenvalue weighted by atomic mass is 9.94. The minimum Gasteiger partial charge on any atom is -0.356 e. The monoisotopic (exact) mass is 388 g/mol. The molecule has 1 aliphatic rings. The van der Waals surface area contributed by atoms with Crippen molar-refractivity contribution in [3.05, 3.63) is 52.3 Å². The molecule has 0 radical (unpaired) electrons. The number of aromatic nitrogens is 2. The molecule has 3 rings (SSSR count). The van der Waals surface area contributed by atoms with Crippen LogP contribution >= 0.6 is 11.6 Å². The minimum atomic E-state index is -0.106. The lowest BCUT2D eigenvalue weighted by molar-refractivity contribution is -0.119. The van der Waals surface area contributed by atoms with Crippen LogP contribution in [0.15, 0.2) is 30.5 Å². The molecular weight excluding hydrogens is 364 g/mol. The van der Waals surface area contributed by atoms with Gasteiger partial charge in [0.1, 0.15) is 0 Å². The number of nitrogens with one attached hydrogen (secondary N) is 1. The summed E-state index contributed by atoms with van der Waals surface area (Å²) in [4.78, 5) is 26.0. The number of amides is 2. The molecule has 0 aliphatic carbocycles. The maximum Gasteiger partial charge on any atom is 0.257 e. The summed E-state index contributed by atoms with van der Waals surface area (Å²) < 4.78 is 1.91. The second kappa shape index (κ2) is 8.13. The molecule has 0 unspecified atom stereocenters. The molecule has 0 spiro atoms. The molecule has 2 aromatic rings. The van der Waals surface area contributed by atoms with Gasteiger partial charge in [0.05, 0.1) is 23.5 Å². The Morgan fingerprint density at radius 2 is 2.22 bits per heavy atom. The normalized spacial score (nSPS) is 17.1. The molecule has 1 aromatic carbocycles. The predicted molar refractivity (Wildman–Crippen MR) is 105 cm³/mol. The number of carbonyl (C=O) groups excluding carboxylic acids is 2. The summed E-state index contributed by atoms with van der Waals surface area (Å²) in [6.07, 6.45) is 3.34. The van der Waals surface area contributed by atoms with Gasteiger partial charge in [-0.3, -0.25) is 14.3 Å². The molecule has 0 fully saturated rings. The third kappa shape index (κ3) is 4.33. The summed E-state index contributed by atoms with van der Waals surface area (Å²) in [6.45, 7) is 4.90. The van der Waals surface area contributed by atoms with Gasteiger partial charge in [-0.25, -0.2) is 0 Å². The molecular formula is C20H25ClN4O2. The number of benzene rings is 1. The van der Waals surface area contributed by atoms with Gasteiger partial charge in [-0.1, -0.05) is 23.7 Å². The molecule has 2 heterocycles. The average molecular weight is 389 g/mol. The Labute approximate surface area is 164 Å². The number of carbonyl (C=O) groups is 2. The van der Waals surface area contributed by atoms with E-state index in [1.54, 1.807) is 18.1 Å². The van der Waals surface area contributed by atoms with Gasteiger partial charge in [0.15, 0.2) is 0 Å². The number of hydrogen-bond acceptors (Lipinski definition) is 3. The first-order valence-electron chi connectivity index (χ1n) is 9.18. The van der Waals surface area contributed by atoms with Crippen LogP contribution in [-0.2, 0) is 17.8 Å². The van der Waals surface area contributed by atoms with E-state index >= 15 is 0 Å². The van der Waals surface area contributed by atoms with Crippen molar-refractivity contribution in [1.29, 1.82) is 0 Å². The Balaban J connectivity index is 1.76. The zero-order valence-electron chi connectivity index (χ0n) is 15.9. The van der Waals surface area contributed by atoms with Gasteiger partial charge in [-0.15, -0.1) is 0 Å². The van der Waals surface area contributed by atoms with Crippen LogP contribution in [0, 0.1) is 5.92 Å². The van der Waals surface area contributed by atoms with Crippen LogP contribution in [0.1, 0.15) is 47.9 Å². The highest BCUT2D eigenvalue weighted by atomic mass is 35.5. The summed E-state index contributed by atoms with van der Waals surface area (Å²) in [5, 5.41) is 7.93. The predicted octanol–water partition coefficient (Wildman–Crippen LogP) is 3.07. The SMILES string of the molecule is CC(=O)NC[C@@H]1CCn2ncc(C(=O)N(C)[C@@H](C)c3cccc(Cl)c3)c2C1. The van der Waals surface area contributed by atoms with Gasteiger partial charge >= 0.3 is 0 Å². The first kappa shape index (κ1) is 19.4. The molecule has 2 atom stereocenters. The van der Waals surface area contributed by atoms with E-state index in [9.17, 15) is 9.59 Å². The summed E-state index contributed by atoms with van der Waals surface area (Å²) in [5.74, 6) is 0.240. The van der Waals surface area contributed by atoms with Crippen LogP contribution in [-0.4, -0.2) is 40.1 Å². The molecule has 1 aliphatic heterocycles. The van der Waals surface area contributed by atoms with Gasteiger partial charge in [0, 0.05) is 32.1 Å². The standard InChI is InChI=1S/C20H25ClN4O2/c1-13(16-5-4-6-17(21)10-16)24(3)20(27)18-12-23-25-8-7-15(9-19(18)25)11-22-14(2)26/h4-6,10,12-13,15H,7-9,11H2,1-3H3,(H,22,26)/t13-,15+/m0/s1. The number of fused-ring (bicyclic) bond motifs is 1. The second-order valence-electron chi connectivity index (χ2n) is 7.17. The molecule has 2 amide bonds. The molecule has 0 saturated carbocycles. The number of hydrogen-bond donors (Lipinski definition) is 1. The maximum atomic E-state index is 13.1. The van der Waals surface area contributed by atoms with Gasteiger partial charge in [-0.05, 0) is 43.4 Å². The van der Waals surface area contributed by atoms with Crippen molar-refractivity contribution >= 4 is 23.4 Å². The molecule has 0 saturated heterocycles. The molecule has 144 valence electrons. The maximum absolute atomic E-state index is 13.1. The lowest BCUT2D eigenvalue weighted by Crippen LogP contribution is -2.34. The van der Waals surface area contributed by atoms with Crippen LogP contribution < -0.4 is 5.32 Å².